The molecule has 4 aromatic rings. The minimum Gasteiger partial charge on any atom is -0.495 e. The molecule has 1 saturated carbocycles. The zero-order valence-corrected chi connectivity index (χ0v) is 30.0. The Balaban J connectivity index is 0.000000470. The van der Waals surface area contributed by atoms with Gasteiger partial charge in [-0.2, -0.15) is 0 Å². The maximum atomic E-state index is 13.1. The number of pyridine rings is 2. The third-order valence-corrected chi connectivity index (χ3v) is 11.3. The van der Waals surface area contributed by atoms with Gasteiger partial charge in [0.25, 0.3) is 0 Å². The summed E-state index contributed by atoms with van der Waals surface area (Å²) in [4.78, 5) is 22.1. The van der Waals surface area contributed by atoms with E-state index in [0.717, 1.165) is 81.5 Å². The van der Waals surface area contributed by atoms with Crippen LogP contribution in [0.15, 0.2) is 54.9 Å². The molecule has 2 heterocycles. The molecule has 1 atom stereocenters. The van der Waals surface area contributed by atoms with Gasteiger partial charge in [-0.05, 0) is 67.3 Å². The molecule has 1 aliphatic carbocycles. The molecule has 2 aromatic heterocycles. The van der Waals surface area contributed by atoms with Crippen molar-refractivity contribution in [3.63, 3.8) is 0 Å². The van der Waals surface area contributed by atoms with E-state index in [1.807, 2.05) is 49.4 Å². The average Bonchev–Trinajstić information content (AvgIpc) is 3.81. The van der Waals surface area contributed by atoms with E-state index in [1.54, 1.807) is 19.5 Å². The number of carbonyl (C=O) groups is 1. The summed E-state index contributed by atoms with van der Waals surface area (Å²) in [5, 5.41) is 4.69. The molecule has 0 saturated heterocycles. The Morgan fingerprint density at radius 2 is 1.90 bits per heavy atom. The van der Waals surface area contributed by atoms with Crippen LogP contribution in [0.3, 0.4) is 0 Å². The van der Waals surface area contributed by atoms with Gasteiger partial charge in [-0.15, -0.1) is 0 Å². The summed E-state index contributed by atoms with van der Waals surface area (Å²) in [6.07, 6.45) is 9.59. The fourth-order valence-electron chi connectivity index (χ4n) is 4.49. The fraction of sp³-hybridized carbons (Fsp3) is 0.344. The largest absolute Gasteiger partial charge is 0.495 e. The number of nitrogens with zero attached hydrogens (tertiary/aromatic N) is 2. The van der Waals surface area contributed by atoms with E-state index in [0.29, 0.717) is 22.0 Å². The first kappa shape index (κ1) is 30.3. The van der Waals surface area contributed by atoms with E-state index < -0.39 is 0 Å². The van der Waals surface area contributed by atoms with Crippen LogP contribution < -0.4 is 15.8 Å². The predicted molar refractivity (Wildman–Crippen MR) is 161 cm³/mol. The summed E-state index contributed by atoms with van der Waals surface area (Å²) in [5.74, 6) is 0.705. The van der Waals surface area contributed by atoms with Crippen LogP contribution in [0.4, 0.5) is 17.1 Å². The molecule has 1 aliphatic rings. The van der Waals surface area contributed by atoms with Crippen LogP contribution in [0.2, 0.25) is 8.45 Å². The molecule has 1 fully saturated rings. The van der Waals surface area contributed by atoms with E-state index in [1.165, 1.54) is 19.3 Å². The number of aryl methyl sites for hydroxylation is 1. The number of Topliss-reactive ketones (excluding diaryl/α,β-unsaturated/α-hetero) is 1. The number of hydrogen-bond donors (Lipinski definition) is 2. The molecule has 0 radical (unpaired) electrons. The average molecular weight is 745 g/mol. The maximum Gasteiger partial charge on any atom is 0.169 e. The van der Waals surface area contributed by atoms with Gasteiger partial charge in [0.1, 0.15) is 5.75 Å². The van der Waals surface area contributed by atoms with Crippen molar-refractivity contribution < 1.29 is 35.7 Å². The van der Waals surface area contributed by atoms with Gasteiger partial charge in [-0.25, -0.2) is 0 Å². The smallest absolute Gasteiger partial charge is 0.169 e. The molecule has 8 heteroatoms. The van der Waals surface area contributed by atoms with Crippen molar-refractivity contribution in [1.29, 1.82) is 0 Å². The molecule has 0 bridgehead atoms. The van der Waals surface area contributed by atoms with Crippen LogP contribution in [0.1, 0.15) is 62.0 Å². The molecule has 205 valence electrons. The van der Waals surface area contributed by atoms with Gasteiger partial charge in [0.2, 0.25) is 0 Å². The normalized spacial score (nSPS) is 13.4. The quantitative estimate of drug-likeness (QED) is 0.101. The number of methoxy groups -OCH3 is 1. The minimum atomic E-state index is 0.0734. The summed E-state index contributed by atoms with van der Waals surface area (Å²) in [7, 11) is 1.56. The summed E-state index contributed by atoms with van der Waals surface area (Å²) in [6.45, 7) is 6.51. The molecule has 0 spiro atoms. The molecular weight excluding hydrogens is 708 g/mol. The van der Waals surface area contributed by atoms with Gasteiger partial charge in [-0.1, -0.05) is 17.7 Å². The van der Waals surface area contributed by atoms with Gasteiger partial charge in [0.05, 0.1) is 46.5 Å². The van der Waals surface area contributed by atoms with Crippen LogP contribution in [0, 0.1) is 12.8 Å². The monoisotopic (exact) mass is 745 g/mol. The Morgan fingerprint density at radius 1 is 1.12 bits per heavy atom. The molecule has 0 aliphatic heterocycles. The second kappa shape index (κ2) is 13.8. The molecule has 5 rings (SSSR count). The molecule has 2 aromatic carbocycles. The number of carbonyl (C=O) groups excluding carboxylic acids is 1. The second-order valence-corrected chi connectivity index (χ2v) is 15.3. The number of ether oxygens (including phenoxy) is 1. The zero-order chi connectivity index (χ0) is 28.8. The number of aromatic nitrogens is 2. The summed E-state index contributed by atoms with van der Waals surface area (Å²) in [5.41, 5.74) is 12.0. The molecular formula is C32H36ClHgN4O2. The third-order valence-electron chi connectivity index (χ3n) is 7.18. The Hall–Kier alpha value is -2.70. The molecule has 6 nitrogen and oxygen atoms in total. The van der Waals surface area contributed by atoms with Gasteiger partial charge < -0.3 is 15.8 Å². The van der Waals surface area contributed by atoms with E-state index >= 15 is 0 Å². The number of nitrogens with two attached hydrogens (primary N) is 1. The van der Waals surface area contributed by atoms with Gasteiger partial charge in [0, 0.05) is 23.2 Å². The van der Waals surface area contributed by atoms with Crippen LogP contribution in [0.25, 0.3) is 22.0 Å². The van der Waals surface area contributed by atoms with E-state index in [9.17, 15) is 4.79 Å². The number of benzene rings is 2. The summed E-state index contributed by atoms with van der Waals surface area (Å²) in [6, 6.07) is 13.5. The number of anilines is 3. The van der Waals surface area contributed by atoms with Crippen LogP contribution in [0.5, 0.6) is 5.75 Å². The van der Waals surface area contributed by atoms with Gasteiger partial charge in [0.15, 0.2) is 5.78 Å². The van der Waals surface area contributed by atoms with Gasteiger partial charge in [-0.3, -0.25) is 14.8 Å². The fourth-order valence-corrected chi connectivity index (χ4v) is 6.28. The third kappa shape index (κ3) is 7.32. The Kier molecular flexibility index (Phi) is 10.4. The SMILES string of the molecule is CCC[CH]([Hg])CC.COc1cc(-c2ccc3ncc(C(=O)C4CC4)c(Nc4ccc(C)nc4)c3c2)cc(Cl)c1N. The van der Waals surface area contributed by atoms with Crippen LogP contribution in [-0.2, 0) is 26.1 Å². The number of nitrogen functional groups attached to an aromatic ring is 1. The number of rotatable bonds is 9. The molecule has 40 heavy (non-hydrogen) atoms. The van der Waals surface area contributed by atoms with Crippen molar-refractivity contribution in [2.45, 2.75) is 56.3 Å². The summed E-state index contributed by atoms with van der Waals surface area (Å²) >= 11 is 7.38. The van der Waals surface area contributed by atoms with Crippen LogP contribution >= 0.6 is 11.6 Å². The van der Waals surface area contributed by atoms with Crippen molar-refractivity contribution in [3.8, 4) is 16.9 Å². The topological polar surface area (TPSA) is 90.1 Å². The zero-order valence-electron chi connectivity index (χ0n) is 23.8. The second-order valence-electron chi connectivity index (χ2n) is 10.4. The standard InChI is InChI=1S/C26H23ClN4O2.C6H13.Hg/c1-14-3-7-18(12-29-14)31-25-19-9-16(17-10-21(27)24(28)23(11-17)33-2)6-8-22(19)30-13-20(25)26(32)15-4-5-15;1-3-5-6-4-2;/h3,6-13,15H,4-5,28H2,1-2H3,(H,30,31);5H,3-4,6H2,1-2H3;. The number of fused-ring (bicyclic) bond motifs is 1. The Bertz CT molecular complexity index is 1490. The van der Waals surface area contributed by atoms with Crippen molar-refractivity contribution in [1.82, 2.24) is 9.97 Å². The molecule has 3 N–H and O–H groups in total. The summed E-state index contributed by atoms with van der Waals surface area (Å²) < 4.78 is 6.53. The van der Waals surface area contributed by atoms with E-state index in [2.05, 4.69) is 29.1 Å². The van der Waals surface area contributed by atoms with Crippen molar-refractivity contribution >= 4 is 45.3 Å². The molecule has 1 unspecified atom stereocenters. The maximum absolute atomic E-state index is 13.1. The number of hydrogen-bond acceptors (Lipinski definition) is 6. The Labute approximate surface area is 258 Å². The number of halogens is 1. The van der Waals surface area contributed by atoms with Gasteiger partial charge >= 0.3 is 62.7 Å². The van der Waals surface area contributed by atoms with Crippen molar-refractivity contribution in [3.05, 3.63) is 71.1 Å². The number of ketones is 1. The van der Waals surface area contributed by atoms with Crippen molar-refractivity contribution in [2.75, 3.05) is 18.2 Å². The molecule has 0 amide bonds. The van der Waals surface area contributed by atoms with Crippen molar-refractivity contribution in [2.24, 2.45) is 5.92 Å². The van der Waals surface area contributed by atoms with E-state index in [4.69, 9.17) is 22.1 Å². The Morgan fingerprint density at radius 3 is 2.50 bits per heavy atom. The minimum absolute atomic E-state index is 0.0734. The first-order chi connectivity index (χ1) is 19.2. The first-order valence-corrected chi connectivity index (χ1v) is 17.4. The number of nitrogens with one attached hydrogen (secondary N) is 1. The van der Waals surface area contributed by atoms with E-state index in [-0.39, 0.29) is 11.7 Å². The predicted octanol–water partition coefficient (Wildman–Crippen LogP) is 8.72. The first-order valence-electron chi connectivity index (χ1n) is 13.9. The van der Waals surface area contributed by atoms with Crippen LogP contribution in [-0.4, -0.2) is 22.9 Å².